The van der Waals surface area contributed by atoms with Crippen molar-refractivity contribution in [1.82, 2.24) is 0 Å². The first-order chi connectivity index (χ1) is 20.1. The summed E-state index contributed by atoms with van der Waals surface area (Å²) in [5.74, 6) is -1.79. The number of likely N-dealkylation sites (N-methyl/N-ethyl adjacent to an activating group) is 1. The zero-order valence-electron chi connectivity index (χ0n) is 27.4. The van der Waals surface area contributed by atoms with Crippen molar-refractivity contribution in [2.24, 2.45) is 0 Å². The smallest absolute Gasteiger partial charge is 0.306 e. The molecule has 0 saturated heterocycles. The fraction of sp³-hybridized carbons (Fsp3) is 0.794. The normalized spacial score (nSPS) is 13.5. The Bertz CT molecular complexity index is 757. The summed E-state index contributed by atoms with van der Waals surface area (Å²) in [5.41, 5.74) is 0. The average Bonchev–Trinajstić information content (AvgIpc) is 2.92. The summed E-state index contributed by atoms with van der Waals surface area (Å²) in [5, 5.41) is 11.5. The van der Waals surface area contributed by atoms with Crippen LogP contribution in [-0.2, 0) is 28.6 Å². The van der Waals surface area contributed by atoms with Gasteiger partial charge in [-0.2, -0.15) is 0 Å². The fourth-order valence-electron chi connectivity index (χ4n) is 4.45. The molecule has 244 valence electrons. The molecule has 0 aliphatic heterocycles. The quantitative estimate of drug-likeness (QED) is 0.0468. The predicted octanol–water partition coefficient (Wildman–Crippen LogP) is 6.07. The largest absolute Gasteiger partial charge is 0.544 e. The maximum atomic E-state index is 12.5. The minimum absolute atomic E-state index is 0.0348. The number of esters is 2. The lowest BCUT2D eigenvalue weighted by Crippen LogP contribution is -2.55. The third-order valence-electron chi connectivity index (χ3n) is 7.09. The van der Waals surface area contributed by atoms with Gasteiger partial charge in [-0.3, -0.25) is 9.59 Å². The van der Waals surface area contributed by atoms with Gasteiger partial charge in [0.05, 0.1) is 40.3 Å². The highest BCUT2D eigenvalue weighted by molar-refractivity contribution is 5.70. The molecular formula is C34H61NO7. The second-order valence-corrected chi connectivity index (χ2v) is 12.0. The number of hydrogen-bond donors (Lipinski definition) is 0. The molecule has 0 aromatic rings. The Kier molecular flexibility index (Phi) is 25.1. The second-order valence-electron chi connectivity index (χ2n) is 12.0. The Morgan fingerprint density at radius 1 is 0.714 bits per heavy atom. The highest BCUT2D eigenvalue weighted by Gasteiger charge is 2.25. The van der Waals surface area contributed by atoms with Gasteiger partial charge in [0.25, 0.3) is 0 Å². The van der Waals surface area contributed by atoms with E-state index in [4.69, 9.17) is 14.2 Å². The van der Waals surface area contributed by atoms with Crippen molar-refractivity contribution < 1.29 is 38.2 Å². The zero-order valence-corrected chi connectivity index (χ0v) is 27.4. The first-order valence-corrected chi connectivity index (χ1v) is 16.4. The monoisotopic (exact) mass is 595 g/mol. The van der Waals surface area contributed by atoms with E-state index in [2.05, 4.69) is 38.2 Å². The second kappa shape index (κ2) is 26.4. The van der Waals surface area contributed by atoms with E-state index in [1.807, 2.05) is 0 Å². The summed E-state index contributed by atoms with van der Waals surface area (Å²) < 4.78 is 16.8. The standard InChI is InChI=1S/C34H61NO7/c1-6-8-10-11-12-13-14-15-16-17-18-19-20-21-23-25-33(37)42-30(29-41-32(36)24-22-9-7-2)28-40-27-26-31(34(38)39)35(3,4)5/h12-13,15-16,30-31H,6-11,14,17-29H2,1-5H3/b13-12-,16-15-. The molecule has 0 bridgehead atoms. The molecule has 2 unspecified atom stereocenters. The molecule has 0 aliphatic rings. The average molecular weight is 596 g/mol. The van der Waals surface area contributed by atoms with Gasteiger partial charge in [0, 0.05) is 19.3 Å². The van der Waals surface area contributed by atoms with Gasteiger partial charge in [0.2, 0.25) is 0 Å². The molecule has 0 aromatic heterocycles. The van der Waals surface area contributed by atoms with Crippen molar-refractivity contribution in [3.63, 3.8) is 0 Å². The van der Waals surface area contributed by atoms with Crippen LogP contribution in [0.25, 0.3) is 0 Å². The lowest BCUT2D eigenvalue weighted by Gasteiger charge is -2.34. The molecule has 8 nitrogen and oxygen atoms in total. The number of aliphatic carboxylic acids is 1. The van der Waals surface area contributed by atoms with Crippen LogP contribution in [0.2, 0.25) is 0 Å². The fourth-order valence-corrected chi connectivity index (χ4v) is 4.45. The summed E-state index contributed by atoms with van der Waals surface area (Å²) >= 11 is 0. The lowest BCUT2D eigenvalue weighted by molar-refractivity contribution is -0.889. The number of allylic oxidation sites excluding steroid dienone is 4. The third kappa shape index (κ3) is 24.4. The van der Waals surface area contributed by atoms with E-state index in [1.165, 1.54) is 25.7 Å². The Hall–Kier alpha value is -2.19. The van der Waals surface area contributed by atoms with Crippen LogP contribution in [0.15, 0.2) is 24.3 Å². The van der Waals surface area contributed by atoms with E-state index < -0.39 is 18.1 Å². The molecule has 42 heavy (non-hydrogen) atoms. The van der Waals surface area contributed by atoms with Crippen molar-refractivity contribution in [2.45, 2.75) is 135 Å². The number of rotatable bonds is 28. The van der Waals surface area contributed by atoms with E-state index in [9.17, 15) is 19.5 Å². The van der Waals surface area contributed by atoms with Crippen LogP contribution < -0.4 is 5.11 Å². The molecule has 0 spiro atoms. The number of quaternary nitrogens is 1. The number of hydrogen-bond acceptors (Lipinski definition) is 7. The molecule has 0 aromatic carbocycles. The van der Waals surface area contributed by atoms with Gasteiger partial charge in [0.1, 0.15) is 12.6 Å². The van der Waals surface area contributed by atoms with E-state index >= 15 is 0 Å². The van der Waals surface area contributed by atoms with Gasteiger partial charge in [-0.15, -0.1) is 0 Å². The summed E-state index contributed by atoms with van der Waals surface area (Å²) in [4.78, 5) is 36.0. The number of nitrogens with zero attached hydrogens (tertiary/aromatic N) is 1. The van der Waals surface area contributed by atoms with E-state index in [-0.39, 0.29) is 42.7 Å². The summed E-state index contributed by atoms with van der Waals surface area (Å²) in [7, 11) is 5.36. The topological polar surface area (TPSA) is 102 Å². The Morgan fingerprint density at radius 3 is 1.88 bits per heavy atom. The Morgan fingerprint density at radius 2 is 1.26 bits per heavy atom. The van der Waals surface area contributed by atoms with Gasteiger partial charge in [-0.1, -0.05) is 83.1 Å². The number of carbonyl (C=O) groups excluding carboxylic acids is 3. The third-order valence-corrected chi connectivity index (χ3v) is 7.09. The number of carboxylic acids is 1. The van der Waals surface area contributed by atoms with Gasteiger partial charge < -0.3 is 28.6 Å². The molecule has 0 saturated carbocycles. The van der Waals surface area contributed by atoms with Crippen molar-refractivity contribution in [3.05, 3.63) is 24.3 Å². The molecule has 0 heterocycles. The van der Waals surface area contributed by atoms with E-state index in [0.29, 0.717) is 12.8 Å². The zero-order chi connectivity index (χ0) is 31.5. The van der Waals surface area contributed by atoms with Gasteiger partial charge in [0.15, 0.2) is 6.10 Å². The Labute approximate surface area is 256 Å². The molecule has 0 aliphatic carbocycles. The van der Waals surface area contributed by atoms with Crippen molar-refractivity contribution >= 4 is 17.9 Å². The van der Waals surface area contributed by atoms with E-state index in [0.717, 1.165) is 64.2 Å². The minimum Gasteiger partial charge on any atom is -0.544 e. The first-order valence-electron chi connectivity index (χ1n) is 16.4. The molecule has 0 rings (SSSR count). The van der Waals surface area contributed by atoms with Crippen molar-refractivity contribution in [3.8, 4) is 0 Å². The van der Waals surface area contributed by atoms with Crippen LogP contribution >= 0.6 is 0 Å². The first kappa shape index (κ1) is 39.8. The maximum absolute atomic E-state index is 12.5. The summed E-state index contributed by atoms with van der Waals surface area (Å²) in [6.45, 7) is 4.42. The van der Waals surface area contributed by atoms with E-state index in [1.54, 1.807) is 21.1 Å². The minimum atomic E-state index is -1.13. The SMILES string of the molecule is CCCCC/C=C\C/C=C\CCCCCCCC(=O)OC(COCCC(C(=O)[O-])[N+](C)(C)C)COC(=O)CCCCC. The van der Waals surface area contributed by atoms with Crippen LogP contribution in [0.1, 0.15) is 123 Å². The van der Waals surface area contributed by atoms with Gasteiger partial charge in [-0.25, -0.2) is 0 Å². The molecule has 8 heteroatoms. The van der Waals surface area contributed by atoms with Crippen LogP contribution in [0, 0.1) is 0 Å². The Balaban J connectivity index is 4.34. The number of ether oxygens (including phenoxy) is 3. The molecule has 0 amide bonds. The molecular weight excluding hydrogens is 534 g/mol. The van der Waals surface area contributed by atoms with Crippen LogP contribution in [-0.4, -0.2) is 75.5 Å². The van der Waals surface area contributed by atoms with Crippen molar-refractivity contribution in [1.29, 1.82) is 0 Å². The molecule has 0 N–H and O–H groups in total. The summed E-state index contributed by atoms with van der Waals surface area (Å²) in [6.07, 6.45) is 24.1. The summed E-state index contributed by atoms with van der Waals surface area (Å²) in [6, 6.07) is -0.722. The maximum Gasteiger partial charge on any atom is 0.306 e. The van der Waals surface area contributed by atoms with Gasteiger partial charge in [-0.05, 0) is 44.9 Å². The lowest BCUT2D eigenvalue weighted by atomic mass is 10.1. The van der Waals surface area contributed by atoms with Crippen molar-refractivity contribution in [2.75, 3.05) is 41.0 Å². The number of unbranched alkanes of at least 4 members (excludes halogenated alkanes) is 10. The molecule has 0 fully saturated rings. The number of carboxylic acid groups (broad SMARTS) is 1. The van der Waals surface area contributed by atoms with Crippen LogP contribution in [0.3, 0.4) is 0 Å². The number of carbonyl (C=O) groups is 3. The highest BCUT2D eigenvalue weighted by Crippen LogP contribution is 2.11. The molecule has 2 atom stereocenters. The highest BCUT2D eigenvalue weighted by atomic mass is 16.6. The van der Waals surface area contributed by atoms with Crippen LogP contribution in [0.4, 0.5) is 0 Å². The van der Waals surface area contributed by atoms with Gasteiger partial charge >= 0.3 is 11.9 Å². The molecule has 0 radical (unpaired) electrons. The van der Waals surface area contributed by atoms with Crippen LogP contribution in [0.5, 0.6) is 0 Å². The predicted molar refractivity (Wildman–Crippen MR) is 167 cm³/mol.